The maximum atomic E-state index is 11.7. The van der Waals surface area contributed by atoms with Gasteiger partial charge in [-0.05, 0) is 49.1 Å². The first-order chi connectivity index (χ1) is 19.4. The van der Waals surface area contributed by atoms with Gasteiger partial charge in [0, 0.05) is 19.6 Å². The molecule has 0 aliphatic rings. The number of aliphatic carboxylic acids is 1. The van der Waals surface area contributed by atoms with Crippen molar-refractivity contribution >= 4 is 22.6 Å². The molecule has 7 heteroatoms. The first-order valence-electron chi connectivity index (χ1n) is 17.7. The summed E-state index contributed by atoms with van der Waals surface area (Å²) in [6.45, 7) is 30.0. The van der Waals surface area contributed by atoms with Gasteiger partial charge in [0.05, 0.1) is 18.6 Å². The lowest BCUT2D eigenvalue weighted by Crippen LogP contribution is -2.50. The Kier molecular flexibility index (Phi) is 20.6. The average Bonchev–Trinajstić information content (AvgIpc) is 2.84. The number of nitrogens with zero attached hydrogens (tertiary/aromatic N) is 1. The van der Waals surface area contributed by atoms with Gasteiger partial charge in [-0.2, -0.15) is 0 Å². The van der Waals surface area contributed by atoms with E-state index < -0.39 is 22.6 Å². The van der Waals surface area contributed by atoms with Gasteiger partial charge in [-0.1, -0.05) is 132 Å². The molecule has 0 saturated carbocycles. The molecular weight excluding hydrogens is 555 g/mol. The molecule has 0 bridgehead atoms. The van der Waals surface area contributed by atoms with Crippen LogP contribution in [0.25, 0.3) is 0 Å². The second-order valence-corrected chi connectivity index (χ2v) is 25.5. The smallest absolute Gasteiger partial charge is 0.304 e. The van der Waals surface area contributed by atoms with Gasteiger partial charge >= 0.3 is 5.97 Å². The quantitative estimate of drug-likeness (QED) is 0.0804. The molecule has 5 nitrogen and oxygen atoms in total. The highest BCUT2D eigenvalue weighted by atomic mass is 28.4. The molecule has 42 heavy (non-hydrogen) atoms. The van der Waals surface area contributed by atoms with Crippen LogP contribution in [0.5, 0.6) is 0 Å². The first-order valence-corrected chi connectivity index (χ1v) is 23.5. The zero-order chi connectivity index (χ0) is 32.5. The van der Waals surface area contributed by atoms with Crippen LogP contribution in [-0.2, 0) is 13.6 Å². The Bertz CT molecular complexity index is 650. The van der Waals surface area contributed by atoms with Crippen LogP contribution in [0.15, 0.2) is 0 Å². The summed E-state index contributed by atoms with van der Waals surface area (Å²) in [6, 6.07) is 0. The maximum absolute atomic E-state index is 11.7. The van der Waals surface area contributed by atoms with Crippen molar-refractivity contribution in [3.63, 3.8) is 0 Å². The molecule has 0 amide bonds. The average molecular weight is 630 g/mol. The molecule has 0 radical (unpaired) electrons. The van der Waals surface area contributed by atoms with Gasteiger partial charge < -0.3 is 14.0 Å². The normalized spacial score (nSPS) is 14.9. The van der Waals surface area contributed by atoms with Crippen LogP contribution in [0.1, 0.15) is 152 Å². The number of hydrogen-bond acceptors (Lipinski definition) is 4. The molecule has 0 aromatic heterocycles. The molecule has 2 unspecified atom stereocenters. The van der Waals surface area contributed by atoms with Gasteiger partial charge in [-0.15, -0.1) is 0 Å². The first kappa shape index (κ1) is 41.8. The molecule has 252 valence electrons. The van der Waals surface area contributed by atoms with Crippen molar-refractivity contribution in [2.24, 2.45) is 0 Å². The van der Waals surface area contributed by atoms with Crippen molar-refractivity contribution in [1.29, 1.82) is 0 Å². The summed E-state index contributed by atoms with van der Waals surface area (Å²) < 4.78 is 14.1. The van der Waals surface area contributed by atoms with E-state index >= 15 is 0 Å². The minimum absolute atomic E-state index is 0.133. The Balaban J connectivity index is 5.85. The van der Waals surface area contributed by atoms with E-state index in [1.807, 2.05) is 0 Å². The second kappa shape index (κ2) is 20.7. The fourth-order valence-electron chi connectivity index (χ4n) is 4.95. The monoisotopic (exact) mass is 630 g/mol. The van der Waals surface area contributed by atoms with Crippen molar-refractivity contribution in [3.8, 4) is 0 Å². The van der Waals surface area contributed by atoms with Crippen LogP contribution in [-0.4, -0.2) is 64.5 Å². The summed E-state index contributed by atoms with van der Waals surface area (Å²) in [5.41, 5.74) is 0. The number of carbonyl (C=O) groups is 1. The fraction of sp³-hybridized carbons (Fsp3) is 0.971. The number of rotatable bonds is 25. The standard InChI is InChI=1S/C35H75NO4Si2/c1-13-15-17-19-21-23-25-31(39-41(9,10)34(3,4)5)29-36(28-27-33(37)38)30-32(26-24-22-20-18-16-14-2)40-42(11,12)35(6,7)8/h31-32H,13-30H2,1-12H3,(H,37,38). The summed E-state index contributed by atoms with van der Waals surface area (Å²) in [4.78, 5) is 14.1. The Labute approximate surface area is 265 Å². The molecule has 1 N–H and O–H groups in total. The van der Waals surface area contributed by atoms with E-state index in [1.54, 1.807) is 0 Å². The minimum Gasteiger partial charge on any atom is -0.481 e. The van der Waals surface area contributed by atoms with E-state index in [4.69, 9.17) is 8.85 Å². The number of carboxylic acid groups (broad SMARTS) is 1. The molecule has 2 atom stereocenters. The van der Waals surface area contributed by atoms with Gasteiger partial charge in [-0.25, -0.2) is 0 Å². The number of hydrogen-bond donors (Lipinski definition) is 1. The van der Waals surface area contributed by atoms with Crippen LogP contribution in [0.2, 0.25) is 36.3 Å². The predicted molar refractivity (Wildman–Crippen MR) is 189 cm³/mol. The lowest BCUT2D eigenvalue weighted by Gasteiger charge is -2.42. The Morgan fingerprint density at radius 1 is 0.643 bits per heavy atom. The SMILES string of the molecule is CCCCCCCCC(CN(CCC(=O)O)CC(CCCCCCCC)O[Si](C)(C)C(C)(C)C)O[Si](C)(C)C(C)(C)C. The van der Waals surface area contributed by atoms with Crippen molar-refractivity contribution in [2.45, 2.75) is 200 Å². The summed E-state index contributed by atoms with van der Waals surface area (Å²) >= 11 is 0. The van der Waals surface area contributed by atoms with E-state index in [0.29, 0.717) is 6.54 Å². The molecular formula is C35H75NO4Si2. The molecule has 0 aromatic rings. The Hall–Kier alpha value is -0.216. The lowest BCUT2D eigenvalue weighted by molar-refractivity contribution is -0.137. The van der Waals surface area contributed by atoms with Gasteiger partial charge in [-0.3, -0.25) is 9.69 Å². The highest BCUT2D eigenvalue weighted by molar-refractivity contribution is 6.74. The third-order valence-electron chi connectivity index (χ3n) is 9.86. The number of unbranched alkanes of at least 4 members (excludes halogenated alkanes) is 10. The summed E-state index contributed by atoms with van der Waals surface area (Å²) in [7, 11) is -3.94. The van der Waals surface area contributed by atoms with E-state index in [-0.39, 0.29) is 28.7 Å². The zero-order valence-corrected chi connectivity index (χ0v) is 32.5. The Morgan fingerprint density at radius 3 is 1.29 bits per heavy atom. The Morgan fingerprint density at radius 2 is 0.976 bits per heavy atom. The van der Waals surface area contributed by atoms with Crippen LogP contribution in [0, 0.1) is 0 Å². The highest BCUT2D eigenvalue weighted by Crippen LogP contribution is 2.39. The van der Waals surface area contributed by atoms with E-state index in [2.05, 4.69) is 86.5 Å². The van der Waals surface area contributed by atoms with Crippen molar-refractivity contribution in [1.82, 2.24) is 4.90 Å². The van der Waals surface area contributed by atoms with Gasteiger partial charge in [0.2, 0.25) is 0 Å². The van der Waals surface area contributed by atoms with E-state index in [1.165, 1.54) is 77.0 Å². The lowest BCUT2D eigenvalue weighted by atomic mass is 10.1. The van der Waals surface area contributed by atoms with Gasteiger partial charge in [0.15, 0.2) is 16.6 Å². The van der Waals surface area contributed by atoms with Crippen LogP contribution in [0.4, 0.5) is 0 Å². The van der Waals surface area contributed by atoms with Crippen molar-refractivity contribution in [3.05, 3.63) is 0 Å². The second-order valence-electron chi connectivity index (χ2n) is 16.0. The van der Waals surface area contributed by atoms with Crippen molar-refractivity contribution in [2.75, 3.05) is 19.6 Å². The largest absolute Gasteiger partial charge is 0.481 e. The van der Waals surface area contributed by atoms with Crippen LogP contribution in [0.3, 0.4) is 0 Å². The van der Waals surface area contributed by atoms with Crippen LogP contribution >= 0.6 is 0 Å². The fourth-order valence-corrected chi connectivity index (χ4v) is 7.71. The summed E-state index contributed by atoms with van der Waals surface area (Å²) in [6.07, 6.45) is 17.8. The molecule has 0 fully saturated rings. The topological polar surface area (TPSA) is 59.0 Å². The van der Waals surface area contributed by atoms with Crippen molar-refractivity contribution < 1.29 is 18.8 Å². The highest BCUT2D eigenvalue weighted by Gasteiger charge is 2.41. The number of carboxylic acids is 1. The van der Waals surface area contributed by atoms with Crippen LogP contribution < -0.4 is 0 Å². The molecule has 0 rings (SSSR count). The molecule has 0 aliphatic heterocycles. The molecule has 0 heterocycles. The molecule has 0 saturated heterocycles. The summed E-state index contributed by atoms with van der Waals surface area (Å²) in [5, 5.41) is 9.92. The van der Waals surface area contributed by atoms with E-state index in [0.717, 1.165) is 25.9 Å². The zero-order valence-electron chi connectivity index (χ0n) is 30.5. The van der Waals surface area contributed by atoms with Gasteiger partial charge in [0.25, 0.3) is 0 Å². The van der Waals surface area contributed by atoms with E-state index in [9.17, 15) is 9.90 Å². The third kappa shape index (κ3) is 18.6. The summed E-state index contributed by atoms with van der Waals surface area (Å²) in [5.74, 6) is -0.726. The maximum Gasteiger partial charge on any atom is 0.304 e. The van der Waals surface area contributed by atoms with Gasteiger partial charge in [0.1, 0.15) is 0 Å². The molecule has 0 spiro atoms. The third-order valence-corrected chi connectivity index (χ3v) is 18.9. The minimum atomic E-state index is -1.97. The molecule has 0 aromatic carbocycles. The molecule has 0 aliphatic carbocycles. The predicted octanol–water partition coefficient (Wildman–Crippen LogP) is 11.0.